The van der Waals surface area contributed by atoms with Crippen LogP contribution in [0.4, 0.5) is 0 Å². The minimum absolute atomic E-state index is 0.0859. The second-order valence-corrected chi connectivity index (χ2v) is 7.34. The standard InChI is InChI=1S/C21H24N2O3/c1-16-3-2-4-18(11-16)20(24)23-14-21(15-23)12-19(7-10-26-21)25-13-17-5-8-22-9-6-17/h2-6,8-9,11,19H,7,10,12-15H2,1H3/t19-/m0/s1. The second kappa shape index (κ2) is 7.17. The molecule has 2 aliphatic heterocycles. The highest BCUT2D eigenvalue weighted by Gasteiger charge is 2.49. The second-order valence-electron chi connectivity index (χ2n) is 7.34. The monoisotopic (exact) mass is 352 g/mol. The zero-order chi connectivity index (χ0) is 18.0. The molecule has 2 aliphatic rings. The summed E-state index contributed by atoms with van der Waals surface area (Å²) >= 11 is 0. The van der Waals surface area contributed by atoms with Crippen LogP contribution in [-0.2, 0) is 16.1 Å². The van der Waals surface area contributed by atoms with Gasteiger partial charge in [-0.05, 0) is 43.2 Å². The van der Waals surface area contributed by atoms with Crippen LogP contribution in [0.2, 0.25) is 0 Å². The Bertz CT molecular complexity index is 772. The van der Waals surface area contributed by atoms with Crippen molar-refractivity contribution >= 4 is 5.91 Å². The number of nitrogens with zero attached hydrogens (tertiary/aromatic N) is 2. The molecule has 4 rings (SSSR count). The third-order valence-corrected chi connectivity index (χ3v) is 5.19. The average Bonchev–Trinajstić information content (AvgIpc) is 2.65. The number of benzene rings is 1. The van der Waals surface area contributed by atoms with Crippen LogP contribution in [0.25, 0.3) is 0 Å². The summed E-state index contributed by atoms with van der Waals surface area (Å²) in [6.07, 6.45) is 5.48. The van der Waals surface area contributed by atoms with E-state index in [9.17, 15) is 4.79 Å². The van der Waals surface area contributed by atoms with Gasteiger partial charge in [-0.15, -0.1) is 0 Å². The number of hydrogen-bond acceptors (Lipinski definition) is 4. The zero-order valence-corrected chi connectivity index (χ0v) is 15.1. The van der Waals surface area contributed by atoms with Gasteiger partial charge in [0.2, 0.25) is 0 Å². The number of ether oxygens (including phenoxy) is 2. The van der Waals surface area contributed by atoms with Crippen LogP contribution in [0.15, 0.2) is 48.8 Å². The Labute approximate surface area is 153 Å². The van der Waals surface area contributed by atoms with Gasteiger partial charge in [0, 0.05) is 31.0 Å². The number of carbonyl (C=O) groups is 1. The van der Waals surface area contributed by atoms with E-state index in [1.165, 1.54) is 0 Å². The molecule has 1 aromatic carbocycles. The van der Waals surface area contributed by atoms with Crippen molar-refractivity contribution < 1.29 is 14.3 Å². The molecule has 5 nitrogen and oxygen atoms in total. The third kappa shape index (κ3) is 3.64. The fraction of sp³-hybridized carbons (Fsp3) is 0.429. The van der Waals surface area contributed by atoms with Crippen molar-refractivity contribution in [2.45, 2.75) is 38.1 Å². The average molecular weight is 352 g/mol. The molecule has 1 amide bonds. The van der Waals surface area contributed by atoms with Crippen LogP contribution in [0, 0.1) is 6.92 Å². The number of likely N-dealkylation sites (tertiary alicyclic amines) is 1. The first-order valence-corrected chi connectivity index (χ1v) is 9.14. The molecule has 0 unspecified atom stereocenters. The number of rotatable bonds is 4. The summed E-state index contributed by atoms with van der Waals surface area (Å²) in [5.74, 6) is 0.0859. The number of aryl methyl sites for hydroxylation is 1. The van der Waals surface area contributed by atoms with Crippen LogP contribution in [-0.4, -0.2) is 47.2 Å². The van der Waals surface area contributed by atoms with Gasteiger partial charge in [-0.25, -0.2) is 0 Å². The number of aromatic nitrogens is 1. The van der Waals surface area contributed by atoms with Crippen molar-refractivity contribution in [1.29, 1.82) is 0 Å². The van der Waals surface area contributed by atoms with E-state index in [-0.39, 0.29) is 17.6 Å². The van der Waals surface area contributed by atoms with E-state index in [4.69, 9.17) is 9.47 Å². The summed E-state index contributed by atoms with van der Waals surface area (Å²) in [5.41, 5.74) is 2.75. The van der Waals surface area contributed by atoms with Crippen molar-refractivity contribution in [2.24, 2.45) is 0 Å². The molecule has 0 bridgehead atoms. The summed E-state index contributed by atoms with van der Waals surface area (Å²) in [5, 5.41) is 0. The normalized spacial score (nSPS) is 21.4. The fourth-order valence-electron chi connectivity index (χ4n) is 3.79. The molecule has 2 saturated heterocycles. The summed E-state index contributed by atoms with van der Waals surface area (Å²) in [4.78, 5) is 18.5. The summed E-state index contributed by atoms with van der Waals surface area (Å²) in [6, 6.07) is 11.7. The predicted octanol–water partition coefficient (Wildman–Crippen LogP) is 2.98. The quantitative estimate of drug-likeness (QED) is 0.849. The molecule has 26 heavy (non-hydrogen) atoms. The Morgan fingerprint density at radius 3 is 2.88 bits per heavy atom. The first kappa shape index (κ1) is 17.2. The highest BCUT2D eigenvalue weighted by molar-refractivity contribution is 5.95. The topological polar surface area (TPSA) is 51.7 Å². The summed E-state index contributed by atoms with van der Waals surface area (Å²) < 4.78 is 12.1. The first-order chi connectivity index (χ1) is 12.6. The van der Waals surface area contributed by atoms with Gasteiger partial charge in [0.1, 0.15) is 5.60 Å². The smallest absolute Gasteiger partial charge is 0.254 e. The molecule has 0 saturated carbocycles. The summed E-state index contributed by atoms with van der Waals surface area (Å²) in [6.45, 7) is 4.58. The lowest BCUT2D eigenvalue weighted by Crippen LogP contribution is -2.67. The Hall–Kier alpha value is -2.24. The minimum Gasteiger partial charge on any atom is -0.373 e. The maximum atomic E-state index is 12.6. The Morgan fingerprint density at radius 1 is 1.31 bits per heavy atom. The number of amides is 1. The van der Waals surface area contributed by atoms with Crippen molar-refractivity contribution in [3.63, 3.8) is 0 Å². The van der Waals surface area contributed by atoms with E-state index in [1.807, 2.05) is 48.2 Å². The Morgan fingerprint density at radius 2 is 2.12 bits per heavy atom. The fourth-order valence-corrected chi connectivity index (χ4v) is 3.79. The van der Waals surface area contributed by atoms with E-state index in [0.29, 0.717) is 26.3 Å². The van der Waals surface area contributed by atoms with Gasteiger partial charge in [0.15, 0.2) is 0 Å². The molecule has 3 heterocycles. The van der Waals surface area contributed by atoms with E-state index in [2.05, 4.69) is 4.98 Å². The van der Waals surface area contributed by atoms with Gasteiger partial charge < -0.3 is 14.4 Å². The van der Waals surface area contributed by atoms with Gasteiger partial charge in [-0.3, -0.25) is 9.78 Å². The lowest BCUT2D eigenvalue weighted by molar-refractivity contribution is -0.188. The molecular formula is C21H24N2O3. The SMILES string of the molecule is Cc1cccc(C(=O)N2CC3(C[C@@H](OCc4ccncc4)CCO3)C2)c1. The minimum atomic E-state index is -0.235. The zero-order valence-electron chi connectivity index (χ0n) is 15.1. The maximum absolute atomic E-state index is 12.6. The van der Waals surface area contributed by atoms with E-state index in [1.54, 1.807) is 12.4 Å². The molecule has 2 aromatic rings. The van der Waals surface area contributed by atoms with Crippen LogP contribution in [0.3, 0.4) is 0 Å². The van der Waals surface area contributed by atoms with Gasteiger partial charge in [-0.2, -0.15) is 0 Å². The summed E-state index contributed by atoms with van der Waals surface area (Å²) in [7, 11) is 0. The van der Waals surface area contributed by atoms with E-state index < -0.39 is 0 Å². The van der Waals surface area contributed by atoms with Gasteiger partial charge in [0.25, 0.3) is 5.91 Å². The van der Waals surface area contributed by atoms with Crippen LogP contribution in [0.5, 0.6) is 0 Å². The van der Waals surface area contributed by atoms with Crippen molar-refractivity contribution in [3.8, 4) is 0 Å². The number of carbonyl (C=O) groups excluding carboxylic acids is 1. The first-order valence-electron chi connectivity index (χ1n) is 9.14. The van der Waals surface area contributed by atoms with Gasteiger partial charge in [-0.1, -0.05) is 17.7 Å². The highest BCUT2D eigenvalue weighted by atomic mass is 16.5. The molecule has 5 heteroatoms. The van der Waals surface area contributed by atoms with Crippen molar-refractivity contribution in [2.75, 3.05) is 19.7 Å². The van der Waals surface area contributed by atoms with Crippen LogP contribution in [0.1, 0.15) is 34.3 Å². The van der Waals surface area contributed by atoms with Crippen LogP contribution < -0.4 is 0 Å². The molecule has 136 valence electrons. The van der Waals surface area contributed by atoms with Crippen molar-refractivity contribution in [3.05, 3.63) is 65.5 Å². The number of pyridine rings is 1. The molecule has 2 fully saturated rings. The van der Waals surface area contributed by atoms with Gasteiger partial charge >= 0.3 is 0 Å². The molecular weight excluding hydrogens is 328 g/mol. The van der Waals surface area contributed by atoms with Gasteiger partial charge in [0.05, 0.1) is 25.8 Å². The van der Waals surface area contributed by atoms with Crippen molar-refractivity contribution in [1.82, 2.24) is 9.88 Å². The number of hydrogen-bond donors (Lipinski definition) is 0. The largest absolute Gasteiger partial charge is 0.373 e. The highest BCUT2D eigenvalue weighted by Crippen LogP contribution is 2.36. The predicted molar refractivity (Wildman–Crippen MR) is 97.8 cm³/mol. The van der Waals surface area contributed by atoms with E-state index in [0.717, 1.165) is 29.5 Å². The maximum Gasteiger partial charge on any atom is 0.254 e. The molecule has 1 spiro atoms. The molecule has 0 radical (unpaired) electrons. The lowest BCUT2D eigenvalue weighted by Gasteiger charge is -2.53. The lowest BCUT2D eigenvalue weighted by atomic mass is 9.84. The molecule has 0 aliphatic carbocycles. The molecule has 1 atom stereocenters. The molecule has 0 N–H and O–H groups in total. The molecule has 1 aromatic heterocycles. The Balaban J connectivity index is 1.32. The third-order valence-electron chi connectivity index (χ3n) is 5.19. The Kier molecular flexibility index (Phi) is 4.74. The van der Waals surface area contributed by atoms with Crippen LogP contribution >= 0.6 is 0 Å². The van der Waals surface area contributed by atoms with E-state index >= 15 is 0 Å².